The van der Waals surface area contributed by atoms with Crippen molar-refractivity contribution < 1.29 is 4.74 Å². The molecule has 0 aliphatic heterocycles. The van der Waals surface area contributed by atoms with Crippen LogP contribution in [0.25, 0.3) is 0 Å². The highest BCUT2D eigenvalue weighted by Gasteiger charge is 1.65. The zero-order valence-electron chi connectivity index (χ0n) is 8.12. The van der Waals surface area contributed by atoms with Crippen LogP contribution in [-0.4, -0.2) is 21.2 Å². The molecular formula is C8H21NO. The fourth-order valence-corrected chi connectivity index (χ4v) is 0. The van der Waals surface area contributed by atoms with Gasteiger partial charge in [-0.2, -0.15) is 0 Å². The maximum absolute atomic E-state index is 4.56. The Hall–Kier alpha value is -0.500. The molecule has 2 nitrogen and oxygen atoms in total. The topological polar surface area (TPSA) is 21.3 Å². The lowest BCUT2D eigenvalue weighted by Gasteiger charge is -1.88. The third-order valence-corrected chi connectivity index (χ3v) is 0.348. The first-order valence-electron chi connectivity index (χ1n) is 3.47. The van der Waals surface area contributed by atoms with Crippen LogP contribution in [0.15, 0.2) is 12.3 Å². The van der Waals surface area contributed by atoms with Crippen molar-refractivity contribution in [2.75, 3.05) is 21.2 Å². The van der Waals surface area contributed by atoms with Gasteiger partial charge >= 0.3 is 0 Å². The summed E-state index contributed by atoms with van der Waals surface area (Å²) < 4.78 is 4.56. The molecule has 0 bridgehead atoms. The van der Waals surface area contributed by atoms with Gasteiger partial charge in [0.25, 0.3) is 0 Å². The molecule has 0 aromatic rings. The van der Waals surface area contributed by atoms with E-state index in [1.165, 1.54) is 0 Å². The highest BCUT2D eigenvalue weighted by Crippen LogP contribution is 1.80. The molecule has 0 spiro atoms. The third kappa shape index (κ3) is 141. The molecule has 0 aromatic heterocycles. The minimum Gasteiger partial charge on any atom is -0.502 e. The third-order valence-electron chi connectivity index (χ3n) is 0.348. The van der Waals surface area contributed by atoms with E-state index in [-0.39, 0.29) is 0 Å². The number of nitrogens with one attached hydrogen (secondary N) is 1. The number of hydrogen-bond donors (Lipinski definition) is 1. The molecule has 0 fully saturated rings. The van der Waals surface area contributed by atoms with E-state index < -0.39 is 0 Å². The van der Waals surface area contributed by atoms with Crippen molar-refractivity contribution in [1.29, 1.82) is 0 Å². The zero-order chi connectivity index (χ0) is 8.99. The normalized spacial score (nSPS) is 5.80. The van der Waals surface area contributed by atoms with Gasteiger partial charge in [-0.1, -0.05) is 20.4 Å². The van der Waals surface area contributed by atoms with E-state index in [9.17, 15) is 0 Å². The summed E-state index contributed by atoms with van der Waals surface area (Å²) in [4.78, 5) is 0. The Kier molecular flexibility index (Phi) is 38.4. The molecule has 0 radical (unpaired) electrons. The Labute approximate surface area is 65.3 Å². The highest BCUT2D eigenvalue weighted by atomic mass is 16.5. The molecular weight excluding hydrogens is 126 g/mol. The number of rotatable bonds is 1. The SMILES string of the molecule is C=C(C)OC.CC.CNC. The summed E-state index contributed by atoms with van der Waals surface area (Å²) in [6.45, 7) is 9.26. The highest BCUT2D eigenvalue weighted by molar-refractivity contribution is 4.71. The van der Waals surface area contributed by atoms with E-state index in [4.69, 9.17) is 0 Å². The predicted octanol–water partition coefficient (Wildman–Crippen LogP) is 2.03. The summed E-state index contributed by atoms with van der Waals surface area (Å²) in [6.07, 6.45) is 0. The van der Waals surface area contributed by atoms with Gasteiger partial charge < -0.3 is 10.1 Å². The second-order valence-corrected chi connectivity index (χ2v) is 1.41. The predicted molar refractivity (Wildman–Crippen MR) is 48.2 cm³/mol. The molecule has 1 N–H and O–H groups in total. The van der Waals surface area contributed by atoms with Crippen LogP contribution in [0, 0.1) is 0 Å². The summed E-state index contributed by atoms with van der Waals surface area (Å²) in [7, 11) is 5.35. The smallest absolute Gasteiger partial charge is 0.0853 e. The van der Waals surface area contributed by atoms with Crippen LogP contribution in [0.3, 0.4) is 0 Å². The molecule has 0 heterocycles. The van der Waals surface area contributed by atoms with Crippen LogP contribution in [0.1, 0.15) is 20.8 Å². The zero-order valence-corrected chi connectivity index (χ0v) is 8.12. The van der Waals surface area contributed by atoms with E-state index in [1.54, 1.807) is 14.0 Å². The Morgan fingerprint density at radius 2 is 1.40 bits per heavy atom. The van der Waals surface area contributed by atoms with Crippen LogP contribution in [-0.2, 0) is 4.74 Å². The maximum atomic E-state index is 4.56. The molecule has 0 aromatic carbocycles. The van der Waals surface area contributed by atoms with Gasteiger partial charge in [0.2, 0.25) is 0 Å². The molecule has 0 aliphatic rings. The maximum Gasteiger partial charge on any atom is 0.0853 e. The summed E-state index contributed by atoms with van der Waals surface area (Å²) >= 11 is 0. The fraction of sp³-hybridized carbons (Fsp3) is 0.750. The molecule has 0 saturated carbocycles. The van der Waals surface area contributed by atoms with Crippen LogP contribution in [0.5, 0.6) is 0 Å². The van der Waals surface area contributed by atoms with Gasteiger partial charge in [0.1, 0.15) is 0 Å². The van der Waals surface area contributed by atoms with Gasteiger partial charge in [0.05, 0.1) is 12.9 Å². The van der Waals surface area contributed by atoms with E-state index in [1.807, 2.05) is 27.9 Å². The molecule has 0 unspecified atom stereocenters. The monoisotopic (exact) mass is 147 g/mol. The molecule has 0 rings (SSSR count). The molecule has 0 aliphatic carbocycles. The van der Waals surface area contributed by atoms with Crippen LogP contribution in [0.4, 0.5) is 0 Å². The van der Waals surface area contributed by atoms with Crippen molar-refractivity contribution in [3.05, 3.63) is 12.3 Å². The second kappa shape index (κ2) is 23.6. The minimum absolute atomic E-state index is 0.755. The first-order chi connectivity index (χ1) is 4.68. The first kappa shape index (κ1) is 16.2. The number of hydrogen-bond acceptors (Lipinski definition) is 2. The Morgan fingerprint density at radius 3 is 1.40 bits per heavy atom. The second-order valence-electron chi connectivity index (χ2n) is 1.41. The molecule has 10 heavy (non-hydrogen) atoms. The summed E-state index contributed by atoms with van der Waals surface area (Å²) in [6, 6.07) is 0. The lowest BCUT2D eigenvalue weighted by molar-refractivity contribution is 0.295. The lowest BCUT2D eigenvalue weighted by Crippen LogP contribution is -1.89. The van der Waals surface area contributed by atoms with Crippen molar-refractivity contribution in [3.63, 3.8) is 0 Å². The van der Waals surface area contributed by atoms with E-state index in [0.717, 1.165) is 5.76 Å². The molecule has 64 valence electrons. The average molecular weight is 147 g/mol. The quantitative estimate of drug-likeness (QED) is 0.573. The van der Waals surface area contributed by atoms with Crippen molar-refractivity contribution in [1.82, 2.24) is 5.32 Å². The van der Waals surface area contributed by atoms with Gasteiger partial charge in [-0.15, -0.1) is 0 Å². The van der Waals surface area contributed by atoms with Gasteiger partial charge in [-0.3, -0.25) is 0 Å². The van der Waals surface area contributed by atoms with E-state index in [0.29, 0.717) is 0 Å². The van der Waals surface area contributed by atoms with Crippen molar-refractivity contribution in [2.45, 2.75) is 20.8 Å². The van der Waals surface area contributed by atoms with Crippen molar-refractivity contribution in [2.24, 2.45) is 0 Å². The van der Waals surface area contributed by atoms with Gasteiger partial charge in [-0.05, 0) is 21.0 Å². The first-order valence-corrected chi connectivity index (χ1v) is 3.47. The fourth-order valence-electron chi connectivity index (χ4n) is 0. The number of allylic oxidation sites excluding steroid dienone is 1. The van der Waals surface area contributed by atoms with Crippen LogP contribution in [0.2, 0.25) is 0 Å². The summed E-state index contributed by atoms with van der Waals surface area (Å²) in [5.41, 5.74) is 0. The lowest BCUT2D eigenvalue weighted by atomic mass is 10.7. The number of ether oxygens (including phenoxy) is 1. The largest absolute Gasteiger partial charge is 0.502 e. The van der Waals surface area contributed by atoms with Crippen molar-refractivity contribution >= 4 is 0 Å². The Morgan fingerprint density at radius 1 is 1.30 bits per heavy atom. The minimum atomic E-state index is 0.755. The van der Waals surface area contributed by atoms with Crippen LogP contribution >= 0.6 is 0 Å². The van der Waals surface area contributed by atoms with E-state index in [2.05, 4.69) is 16.6 Å². The summed E-state index contributed by atoms with van der Waals surface area (Å²) in [5, 5.41) is 2.75. The standard InChI is InChI=1S/C4H8O.C2H7N.C2H6/c1-4(2)5-3;1-3-2;1-2/h1H2,2-3H3;3H,1-2H3;1-2H3. The molecule has 0 atom stereocenters. The molecule has 0 saturated heterocycles. The summed E-state index contributed by atoms with van der Waals surface area (Å²) in [5.74, 6) is 0.755. The Bertz CT molecular complexity index is 53.2. The average Bonchev–Trinajstić information content (AvgIpc) is 1.94. The van der Waals surface area contributed by atoms with Crippen molar-refractivity contribution in [3.8, 4) is 0 Å². The molecule has 2 heteroatoms. The Balaban J connectivity index is -0.0000000847. The van der Waals surface area contributed by atoms with E-state index >= 15 is 0 Å². The van der Waals surface area contributed by atoms with Gasteiger partial charge in [-0.25, -0.2) is 0 Å². The number of methoxy groups -OCH3 is 1. The van der Waals surface area contributed by atoms with Crippen LogP contribution < -0.4 is 5.32 Å². The van der Waals surface area contributed by atoms with Gasteiger partial charge in [0, 0.05) is 0 Å². The molecule has 0 amide bonds. The van der Waals surface area contributed by atoms with Gasteiger partial charge in [0.15, 0.2) is 0 Å².